The van der Waals surface area contributed by atoms with Gasteiger partial charge in [-0.2, -0.15) is 0 Å². The summed E-state index contributed by atoms with van der Waals surface area (Å²) < 4.78 is 1.23. The van der Waals surface area contributed by atoms with Gasteiger partial charge in [-0.25, -0.2) is 0 Å². The molecule has 0 saturated heterocycles. The van der Waals surface area contributed by atoms with Gasteiger partial charge in [0.1, 0.15) is 0 Å². The van der Waals surface area contributed by atoms with E-state index in [1.165, 1.54) is 9.13 Å². The Morgan fingerprint density at radius 3 is 2.53 bits per heavy atom. The lowest BCUT2D eigenvalue weighted by molar-refractivity contribution is 0.552. The molecule has 1 unspecified atom stereocenters. The topological polar surface area (TPSA) is 38.0 Å². The van der Waals surface area contributed by atoms with E-state index in [0.29, 0.717) is 0 Å². The highest BCUT2D eigenvalue weighted by Crippen LogP contribution is 2.28. The van der Waals surface area contributed by atoms with E-state index in [1.807, 2.05) is 25.1 Å². The maximum Gasteiger partial charge on any atom is 0.0515 e. The summed E-state index contributed by atoms with van der Waals surface area (Å²) in [6.45, 7) is 2.00. The second-order valence-corrected chi connectivity index (χ2v) is 6.15. The van der Waals surface area contributed by atoms with Gasteiger partial charge in [-0.1, -0.05) is 41.9 Å². The Morgan fingerprint density at radius 2 is 1.89 bits per heavy atom. The van der Waals surface area contributed by atoms with Gasteiger partial charge in [0.05, 0.1) is 6.04 Å². The zero-order valence-corrected chi connectivity index (χ0v) is 13.6. The molecular formula is C15H16ClIN2. The standard InChI is InChI=1S/C15H16ClIN2/c1-10-3-2-4-13(15(10)16)14(19-18)9-11-5-7-12(17)8-6-11/h2-8,14,19H,9,18H2,1H3. The van der Waals surface area contributed by atoms with Crippen molar-refractivity contribution in [3.63, 3.8) is 0 Å². The van der Waals surface area contributed by atoms with Crippen molar-refractivity contribution in [1.82, 2.24) is 5.43 Å². The maximum atomic E-state index is 6.36. The molecule has 0 heterocycles. The molecule has 2 rings (SSSR count). The van der Waals surface area contributed by atoms with Crippen molar-refractivity contribution >= 4 is 34.2 Å². The van der Waals surface area contributed by atoms with E-state index < -0.39 is 0 Å². The largest absolute Gasteiger partial charge is 0.271 e. The number of hydrogen-bond acceptors (Lipinski definition) is 2. The Kier molecular flexibility index (Phi) is 5.21. The zero-order chi connectivity index (χ0) is 13.8. The van der Waals surface area contributed by atoms with Gasteiger partial charge < -0.3 is 0 Å². The SMILES string of the molecule is Cc1cccc(C(Cc2ccc(I)cc2)NN)c1Cl. The third kappa shape index (κ3) is 3.69. The van der Waals surface area contributed by atoms with Gasteiger partial charge >= 0.3 is 0 Å². The summed E-state index contributed by atoms with van der Waals surface area (Å²) in [6.07, 6.45) is 0.816. The van der Waals surface area contributed by atoms with Crippen molar-refractivity contribution < 1.29 is 0 Å². The molecule has 0 spiro atoms. The minimum absolute atomic E-state index is 0.0208. The van der Waals surface area contributed by atoms with Crippen molar-refractivity contribution in [2.24, 2.45) is 5.84 Å². The Labute approximate surface area is 132 Å². The molecule has 0 amide bonds. The van der Waals surface area contributed by atoms with Crippen LogP contribution in [-0.4, -0.2) is 0 Å². The summed E-state index contributed by atoms with van der Waals surface area (Å²) in [7, 11) is 0. The highest BCUT2D eigenvalue weighted by atomic mass is 127. The first-order chi connectivity index (χ1) is 9.11. The molecule has 100 valence electrons. The third-order valence-corrected chi connectivity index (χ3v) is 4.39. The van der Waals surface area contributed by atoms with Crippen LogP contribution >= 0.6 is 34.2 Å². The molecule has 1 atom stereocenters. The molecule has 19 heavy (non-hydrogen) atoms. The lowest BCUT2D eigenvalue weighted by Crippen LogP contribution is -2.29. The molecule has 0 aliphatic rings. The number of nitrogens with two attached hydrogens (primary N) is 1. The highest BCUT2D eigenvalue weighted by Gasteiger charge is 2.14. The van der Waals surface area contributed by atoms with E-state index in [9.17, 15) is 0 Å². The van der Waals surface area contributed by atoms with Crippen LogP contribution in [0.2, 0.25) is 5.02 Å². The summed E-state index contributed by atoms with van der Waals surface area (Å²) in [5.41, 5.74) is 6.22. The van der Waals surface area contributed by atoms with Crippen molar-refractivity contribution in [2.45, 2.75) is 19.4 Å². The molecule has 0 bridgehead atoms. The first kappa shape index (κ1) is 14.8. The molecule has 2 nitrogen and oxygen atoms in total. The number of benzene rings is 2. The van der Waals surface area contributed by atoms with Gasteiger partial charge in [0, 0.05) is 8.59 Å². The molecule has 3 N–H and O–H groups in total. The lowest BCUT2D eigenvalue weighted by atomic mass is 9.98. The van der Waals surface area contributed by atoms with E-state index >= 15 is 0 Å². The number of hydrogen-bond donors (Lipinski definition) is 2. The van der Waals surface area contributed by atoms with Gasteiger partial charge in [0.15, 0.2) is 0 Å². The van der Waals surface area contributed by atoms with Gasteiger partial charge in [0.25, 0.3) is 0 Å². The van der Waals surface area contributed by atoms with Crippen LogP contribution in [-0.2, 0) is 6.42 Å². The van der Waals surface area contributed by atoms with Crippen LogP contribution < -0.4 is 11.3 Å². The van der Waals surface area contributed by atoms with Crippen molar-refractivity contribution in [1.29, 1.82) is 0 Å². The highest BCUT2D eigenvalue weighted by molar-refractivity contribution is 14.1. The molecule has 0 fully saturated rings. The van der Waals surface area contributed by atoms with Crippen molar-refractivity contribution in [3.05, 3.63) is 67.7 Å². The summed E-state index contributed by atoms with van der Waals surface area (Å²) >= 11 is 8.66. The molecule has 0 aliphatic carbocycles. The first-order valence-corrected chi connectivity index (χ1v) is 7.53. The number of rotatable bonds is 4. The van der Waals surface area contributed by atoms with Crippen LogP contribution in [0.5, 0.6) is 0 Å². The van der Waals surface area contributed by atoms with Crippen LogP contribution in [0.25, 0.3) is 0 Å². The number of halogens is 2. The third-order valence-electron chi connectivity index (χ3n) is 3.15. The fourth-order valence-electron chi connectivity index (χ4n) is 2.05. The van der Waals surface area contributed by atoms with E-state index in [-0.39, 0.29) is 6.04 Å². The number of hydrazine groups is 1. The van der Waals surface area contributed by atoms with E-state index in [2.05, 4.69) is 52.3 Å². The predicted octanol–water partition coefficient (Wildman–Crippen LogP) is 4.00. The Balaban J connectivity index is 2.25. The minimum atomic E-state index is 0.0208. The number of nitrogens with one attached hydrogen (secondary N) is 1. The van der Waals surface area contributed by atoms with Gasteiger partial charge in [-0.15, -0.1) is 0 Å². The summed E-state index contributed by atoms with van der Waals surface area (Å²) in [5.74, 6) is 5.69. The van der Waals surface area contributed by atoms with E-state index in [0.717, 1.165) is 22.6 Å². The average molecular weight is 387 g/mol. The molecule has 0 saturated carbocycles. The molecule has 0 radical (unpaired) electrons. The predicted molar refractivity (Wildman–Crippen MR) is 89.1 cm³/mol. The molecular weight excluding hydrogens is 371 g/mol. The quantitative estimate of drug-likeness (QED) is 0.473. The van der Waals surface area contributed by atoms with Crippen LogP contribution in [0.15, 0.2) is 42.5 Å². The fourth-order valence-corrected chi connectivity index (χ4v) is 2.67. The fraction of sp³-hybridized carbons (Fsp3) is 0.200. The molecule has 4 heteroatoms. The molecule has 0 aromatic heterocycles. The summed E-state index contributed by atoms with van der Waals surface area (Å²) in [6, 6.07) is 14.5. The normalized spacial score (nSPS) is 12.4. The van der Waals surface area contributed by atoms with Crippen LogP contribution in [0.3, 0.4) is 0 Å². The monoisotopic (exact) mass is 386 g/mol. The van der Waals surface area contributed by atoms with Crippen molar-refractivity contribution in [2.75, 3.05) is 0 Å². The van der Waals surface area contributed by atoms with Gasteiger partial charge in [-0.3, -0.25) is 11.3 Å². The Bertz CT molecular complexity index is 555. The second-order valence-electron chi connectivity index (χ2n) is 4.53. The number of aryl methyl sites for hydroxylation is 1. The lowest BCUT2D eigenvalue weighted by Gasteiger charge is -2.19. The van der Waals surface area contributed by atoms with E-state index in [1.54, 1.807) is 0 Å². The molecule has 2 aromatic rings. The van der Waals surface area contributed by atoms with Crippen LogP contribution in [0, 0.1) is 10.5 Å². The van der Waals surface area contributed by atoms with E-state index in [4.69, 9.17) is 17.4 Å². The van der Waals surface area contributed by atoms with Crippen LogP contribution in [0.1, 0.15) is 22.7 Å². The second kappa shape index (κ2) is 6.70. The van der Waals surface area contributed by atoms with Crippen molar-refractivity contribution in [3.8, 4) is 0 Å². The Morgan fingerprint density at radius 1 is 1.21 bits per heavy atom. The smallest absolute Gasteiger partial charge is 0.0515 e. The van der Waals surface area contributed by atoms with Gasteiger partial charge in [-0.05, 0) is 64.8 Å². The van der Waals surface area contributed by atoms with Gasteiger partial charge in [0.2, 0.25) is 0 Å². The summed E-state index contributed by atoms with van der Waals surface area (Å²) in [5, 5.41) is 0.788. The first-order valence-electron chi connectivity index (χ1n) is 6.07. The maximum absolute atomic E-state index is 6.36. The molecule has 2 aromatic carbocycles. The Hall–Kier alpha value is -0.620. The minimum Gasteiger partial charge on any atom is -0.271 e. The zero-order valence-electron chi connectivity index (χ0n) is 10.7. The van der Waals surface area contributed by atoms with Crippen LogP contribution in [0.4, 0.5) is 0 Å². The summed E-state index contributed by atoms with van der Waals surface area (Å²) in [4.78, 5) is 0. The molecule has 0 aliphatic heterocycles. The average Bonchev–Trinajstić information content (AvgIpc) is 2.42.